The molecular formula is C27H30O3. The summed E-state index contributed by atoms with van der Waals surface area (Å²) >= 11 is 0. The first kappa shape index (κ1) is 21.6. The van der Waals surface area contributed by atoms with Crippen molar-refractivity contribution in [2.75, 3.05) is 0 Å². The molecule has 0 spiro atoms. The van der Waals surface area contributed by atoms with E-state index in [1.807, 2.05) is 45.0 Å². The van der Waals surface area contributed by atoms with E-state index in [1.54, 1.807) is 0 Å². The van der Waals surface area contributed by atoms with E-state index in [2.05, 4.69) is 56.3 Å². The molecule has 0 N–H and O–H groups in total. The van der Waals surface area contributed by atoms with E-state index >= 15 is 0 Å². The summed E-state index contributed by atoms with van der Waals surface area (Å²) in [5.41, 5.74) is 6.60. The predicted octanol–water partition coefficient (Wildman–Crippen LogP) is 6.43. The van der Waals surface area contributed by atoms with Crippen molar-refractivity contribution in [2.45, 2.75) is 53.2 Å². The summed E-state index contributed by atoms with van der Waals surface area (Å²) in [4.78, 5) is 12.0. The van der Waals surface area contributed by atoms with Gasteiger partial charge in [-0.1, -0.05) is 48.5 Å². The molecule has 0 amide bonds. The van der Waals surface area contributed by atoms with Crippen LogP contribution in [0.4, 0.5) is 0 Å². The van der Waals surface area contributed by atoms with Gasteiger partial charge in [0.15, 0.2) is 0 Å². The van der Waals surface area contributed by atoms with Gasteiger partial charge in [0.25, 0.3) is 0 Å². The molecule has 0 aliphatic carbocycles. The molecule has 30 heavy (non-hydrogen) atoms. The van der Waals surface area contributed by atoms with Crippen LogP contribution in [-0.2, 0) is 22.6 Å². The first-order chi connectivity index (χ1) is 14.2. The molecule has 0 aliphatic rings. The van der Waals surface area contributed by atoms with Gasteiger partial charge in [-0.05, 0) is 86.2 Å². The van der Waals surface area contributed by atoms with Gasteiger partial charge in [0, 0.05) is 0 Å². The smallest absolute Gasteiger partial charge is 0.310 e. The van der Waals surface area contributed by atoms with Crippen LogP contribution in [0.25, 0.3) is 11.1 Å². The molecule has 0 bridgehead atoms. The number of hydrogen-bond donors (Lipinski definition) is 0. The maximum atomic E-state index is 12.0. The maximum absolute atomic E-state index is 12.0. The molecule has 0 unspecified atom stereocenters. The van der Waals surface area contributed by atoms with Gasteiger partial charge in [-0.15, -0.1) is 0 Å². The summed E-state index contributed by atoms with van der Waals surface area (Å²) in [6, 6.07) is 22.5. The second-order valence-electron chi connectivity index (χ2n) is 8.66. The van der Waals surface area contributed by atoms with E-state index in [0.29, 0.717) is 6.61 Å². The van der Waals surface area contributed by atoms with Crippen LogP contribution >= 0.6 is 0 Å². The van der Waals surface area contributed by atoms with Crippen LogP contribution in [0.3, 0.4) is 0 Å². The van der Waals surface area contributed by atoms with Crippen molar-refractivity contribution < 1.29 is 14.3 Å². The Labute approximate surface area is 179 Å². The Kier molecular flexibility index (Phi) is 6.61. The average molecular weight is 403 g/mol. The number of carbonyl (C=O) groups is 1. The Morgan fingerprint density at radius 1 is 0.833 bits per heavy atom. The molecule has 0 radical (unpaired) electrons. The van der Waals surface area contributed by atoms with Gasteiger partial charge in [0.1, 0.15) is 18.0 Å². The number of carbonyl (C=O) groups excluding carboxylic acids is 1. The third-order valence-corrected chi connectivity index (χ3v) is 4.79. The Morgan fingerprint density at radius 2 is 1.47 bits per heavy atom. The van der Waals surface area contributed by atoms with Crippen LogP contribution < -0.4 is 4.74 Å². The van der Waals surface area contributed by atoms with E-state index in [9.17, 15) is 4.79 Å². The van der Waals surface area contributed by atoms with Crippen LogP contribution in [0, 0.1) is 13.8 Å². The van der Waals surface area contributed by atoms with Crippen LogP contribution in [0.1, 0.15) is 43.0 Å². The summed E-state index contributed by atoms with van der Waals surface area (Å²) in [7, 11) is 0. The fourth-order valence-electron chi connectivity index (χ4n) is 3.50. The predicted molar refractivity (Wildman–Crippen MR) is 122 cm³/mol. The standard InChI is InChI=1S/C27H30O3/c1-19-8-6-9-20(2)26(19)23-11-7-10-22(16-23)18-29-24-14-12-21(13-15-24)17-25(28)30-27(3,4)5/h6-16H,17-18H2,1-5H3. The second-order valence-corrected chi connectivity index (χ2v) is 8.66. The minimum Gasteiger partial charge on any atom is -0.489 e. The SMILES string of the molecule is Cc1cccc(C)c1-c1cccc(COc2ccc(CC(=O)OC(C)(C)C)cc2)c1. The van der Waals surface area contributed by atoms with Gasteiger partial charge in [-0.25, -0.2) is 0 Å². The third-order valence-electron chi connectivity index (χ3n) is 4.79. The zero-order chi connectivity index (χ0) is 21.7. The summed E-state index contributed by atoms with van der Waals surface area (Å²) in [5.74, 6) is 0.555. The Balaban J connectivity index is 1.63. The van der Waals surface area contributed by atoms with Crippen molar-refractivity contribution in [1.82, 2.24) is 0 Å². The molecule has 0 saturated carbocycles. The highest BCUT2D eigenvalue weighted by Gasteiger charge is 2.16. The van der Waals surface area contributed by atoms with E-state index in [-0.39, 0.29) is 12.4 Å². The Hall–Kier alpha value is -3.07. The van der Waals surface area contributed by atoms with Crippen molar-refractivity contribution >= 4 is 5.97 Å². The number of benzene rings is 3. The fraction of sp³-hybridized carbons (Fsp3) is 0.296. The van der Waals surface area contributed by atoms with Gasteiger partial charge in [0.2, 0.25) is 0 Å². The number of hydrogen-bond acceptors (Lipinski definition) is 3. The minimum atomic E-state index is -0.467. The van der Waals surface area contributed by atoms with E-state index in [1.165, 1.54) is 22.3 Å². The lowest BCUT2D eigenvalue weighted by atomic mass is 9.95. The Morgan fingerprint density at radius 3 is 2.10 bits per heavy atom. The molecule has 0 aromatic heterocycles. The third kappa shape index (κ3) is 5.96. The number of aryl methyl sites for hydroxylation is 2. The minimum absolute atomic E-state index is 0.223. The summed E-state index contributed by atoms with van der Waals surface area (Å²) in [5, 5.41) is 0. The molecule has 156 valence electrons. The van der Waals surface area contributed by atoms with Crippen LogP contribution in [-0.4, -0.2) is 11.6 Å². The molecule has 3 nitrogen and oxygen atoms in total. The van der Waals surface area contributed by atoms with Crippen molar-refractivity contribution in [3.05, 3.63) is 89.0 Å². The van der Waals surface area contributed by atoms with Crippen molar-refractivity contribution in [3.8, 4) is 16.9 Å². The maximum Gasteiger partial charge on any atom is 0.310 e. The highest BCUT2D eigenvalue weighted by molar-refractivity contribution is 5.73. The average Bonchev–Trinajstić information content (AvgIpc) is 2.66. The second kappa shape index (κ2) is 9.17. The van der Waals surface area contributed by atoms with Gasteiger partial charge in [0.05, 0.1) is 6.42 Å². The number of esters is 1. The molecule has 3 heteroatoms. The van der Waals surface area contributed by atoms with E-state index in [0.717, 1.165) is 16.9 Å². The van der Waals surface area contributed by atoms with Crippen molar-refractivity contribution in [1.29, 1.82) is 0 Å². The normalized spacial score (nSPS) is 11.2. The lowest BCUT2D eigenvalue weighted by molar-refractivity contribution is -0.153. The van der Waals surface area contributed by atoms with E-state index in [4.69, 9.17) is 9.47 Å². The topological polar surface area (TPSA) is 35.5 Å². The number of ether oxygens (including phenoxy) is 2. The molecule has 3 aromatic carbocycles. The molecule has 0 fully saturated rings. The van der Waals surface area contributed by atoms with Crippen molar-refractivity contribution in [2.24, 2.45) is 0 Å². The van der Waals surface area contributed by atoms with Gasteiger partial charge >= 0.3 is 5.97 Å². The highest BCUT2D eigenvalue weighted by Crippen LogP contribution is 2.28. The first-order valence-electron chi connectivity index (χ1n) is 10.3. The quantitative estimate of drug-likeness (QED) is 0.446. The zero-order valence-electron chi connectivity index (χ0n) is 18.5. The lowest BCUT2D eigenvalue weighted by Gasteiger charge is -2.19. The monoisotopic (exact) mass is 402 g/mol. The highest BCUT2D eigenvalue weighted by atomic mass is 16.6. The molecule has 0 heterocycles. The number of rotatable bonds is 6. The van der Waals surface area contributed by atoms with Gasteiger partial charge in [-0.2, -0.15) is 0 Å². The first-order valence-corrected chi connectivity index (χ1v) is 10.3. The molecule has 0 aliphatic heterocycles. The molecular weight excluding hydrogens is 372 g/mol. The van der Waals surface area contributed by atoms with Crippen LogP contribution in [0.15, 0.2) is 66.7 Å². The van der Waals surface area contributed by atoms with Gasteiger partial charge < -0.3 is 9.47 Å². The lowest BCUT2D eigenvalue weighted by Crippen LogP contribution is -2.24. The zero-order valence-corrected chi connectivity index (χ0v) is 18.5. The fourth-order valence-corrected chi connectivity index (χ4v) is 3.50. The largest absolute Gasteiger partial charge is 0.489 e. The summed E-state index contributed by atoms with van der Waals surface area (Å²) < 4.78 is 11.3. The summed E-state index contributed by atoms with van der Waals surface area (Å²) in [6.45, 7) is 10.4. The van der Waals surface area contributed by atoms with Crippen LogP contribution in [0.5, 0.6) is 5.75 Å². The molecule has 3 rings (SSSR count). The Bertz CT molecular complexity index is 991. The molecule has 3 aromatic rings. The molecule has 0 saturated heterocycles. The summed E-state index contributed by atoms with van der Waals surface area (Å²) in [6.07, 6.45) is 0.259. The van der Waals surface area contributed by atoms with Gasteiger partial charge in [-0.3, -0.25) is 4.79 Å². The van der Waals surface area contributed by atoms with Crippen LogP contribution in [0.2, 0.25) is 0 Å². The van der Waals surface area contributed by atoms with E-state index < -0.39 is 5.60 Å². The molecule has 0 atom stereocenters. The van der Waals surface area contributed by atoms with Crippen molar-refractivity contribution in [3.63, 3.8) is 0 Å².